The summed E-state index contributed by atoms with van der Waals surface area (Å²) in [5.74, 6) is -0.175. The minimum absolute atomic E-state index is 0.243. The summed E-state index contributed by atoms with van der Waals surface area (Å²) in [5, 5.41) is 10.0. The second-order valence-corrected chi connectivity index (χ2v) is 8.16. The average Bonchev–Trinajstić information content (AvgIpc) is 3.09. The smallest absolute Gasteiger partial charge is 0.341 e. The first-order chi connectivity index (χ1) is 14.0. The number of anilines is 1. The lowest BCUT2D eigenvalue weighted by atomic mass is 9.85. The van der Waals surface area contributed by atoms with E-state index in [1.165, 1.54) is 12.6 Å². The summed E-state index contributed by atoms with van der Waals surface area (Å²) in [6.45, 7) is 1.88. The quantitative estimate of drug-likeness (QED) is 0.708. The molecule has 1 fully saturated rings. The van der Waals surface area contributed by atoms with Gasteiger partial charge in [0, 0.05) is 25.5 Å². The summed E-state index contributed by atoms with van der Waals surface area (Å²) in [7, 11) is 0. The number of aromatic carboxylic acids is 1. The monoisotopic (exact) mass is 410 g/mol. The number of rotatable bonds is 4. The van der Waals surface area contributed by atoms with Gasteiger partial charge in [0.25, 0.3) is 0 Å². The van der Waals surface area contributed by atoms with Crippen LogP contribution < -0.4 is 10.3 Å². The molecule has 148 valence electrons. The number of hydrogen-bond acceptors (Lipinski definition) is 5. The second kappa shape index (κ2) is 6.84. The highest BCUT2D eigenvalue weighted by Gasteiger charge is 2.26. The molecule has 8 heteroatoms. The van der Waals surface area contributed by atoms with Crippen molar-refractivity contribution in [3.8, 4) is 0 Å². The lowest BCUT2D eigenvalue weighted by molar-refractivity contribution is 0.0694. The molecule has 0 atom stereocenters. The normalized spacial score (nSPS) is 16.1. The fraction of sp³-hybridized carbons (Fsp3) is 0.333. The highest BCUT2D eigenvalue weighted by molar-refractivity contribution is 6.33. The molecule has 0 spiro atoms. The van der Waals surface area contributed by atoms with Gasteiger partial charge in [-0.05, 0) is 36.5 Å². The van der Waals surface area contributed by atoms with Crippen molar-refractivity contribution in [3.63, 3.8) is 0 Å². The first kappa shape index (κ1) is 18.1. The van der Waals surface area contributed by atoms with Gasteiger partial charge in [0.05, 0.1) is 22.6 Å². The molecular weight excluding hydrogens is 392 g/mol. The van der Waals surface area contributed by atoms with Gasteiger partial charge in [-0.15, -0.1) is 0 Å². The molecule has 3 aromatic rings. The van der Waals surface area contributed by atoms with E-state index >= 15 is 0 Å². The number of halogens is 1. The fourth-order valence-corrected chi connectivity index (χ4v) is 4.36. The Kier molecular flexibility index (Phi) is 4.28. The first-order valence-corrected chi connectivity index (χ1v) is 10.0. The predicted molar refractivity (Wildman–Crippen MR) is 109 cm³/mol. The number of nitrogens with zero attached hydrogens (tertiary/aromatic N) is 4. The Morgan fingerprint density at radius 2 is 2.14 bits per heavy atom. The highest BCUT2D eigenvalue weighted by atomic mass is 35.5. The van der Waals surface area contributed by atoms with Crippen molar-refractivity contribution in [2.45, 2.75) is 38.9 Å². The molecule has 0 amide bonds. The maximum Gasteiger partial charge on any atom is 0.341 e. The minimum atomic E-state index is -1.24. The molecule has 29 heavy (non-hydrogen) atoms. The topological polar surface area (TPSA) is 88.3 Å². The van der Waals surface area contributed by atoms with Crippen molar-refractivity contribution in [1.29, 1.82) is 0 Å². The van der Waals surface area contributed by atoms with Crippen LogP contribution in [0.3, 0.4) is 0 Å². The molecule has 2 aliphatic rings. The number of pyridine rings is 3. The Morgan fingerprint density at radius 1 is 1.31 bits per heavy atom. The number of carboxylic acids is 1. The van der Waals surface area contributed by atoms with Crippen LogP contribution in [-0.2, 0) is 19.6 Å². The molecule has 0 aromatic carbocycles. The van der Waals surface area contributed by atoms with Gasteiger partial charge in [-0.1, -0.05) is 24.1 Å². The molecule has 1 aliphatic heterocycles. The van der Waals surface area contributed by atoms with Crippen LogP contribution in [-0.4, -0.2) is 25.6 Å². The molecule has 5 rings (SSSR count). The van der Waals surface area contributed by atoms with E-state index in [1.807, 2.05) is 21.6 Å². The Hall–Kier alpha value is -2.93. The number of aromatic nitrogens is 3. The summed E-state index contributed by atoms with van der Waals surface area (Å²) in [4.78, 5) is 35.5. The van der Waals surface area contributed by atoms with E-state index < -0.39 is 11.4 Å². The highest BCUT2D eigenvalue weighted by Crippen LogP contribution is 2.34. The van der Waals surface area contributed by atoms with Gasteiger partial charge < -0.3 is 14.6 Å². The standard InChI is InChI=1S/C21H19ClN4O3/c22-16-7-14-18(27)15(21(28)29)10-25(8-12-3-1-4-12)19(14)24-20(16)26-9-13-5-2-6-23-17(13)11-26/h2,5-7,10,12H,1,3-4,8-9,11H2,(H,28,29). The van der Waals surface area contributed by atoms with Crippen molar-refractivity contribution >= 4 is 34.4 Å². The molecule has 0 saturated heterocycles. The van der Waals surface area contributed by atoms with E-state index in [0.717, 1.165) is 24.1 Å². The zero-order valence-corrected chi connectivity index (χ0v) is 16.4. The van der Waals surface area contributed by atoms with Gasteiger partial charge in [0.15, 0.2) is 5.82 Å². The molecule has 0 bridgehead atoms. The van der Waals surface area contributed by atoms with E-state index in [9.17, 15) is 14.7 Å². The summed E-state index contributed by atoms with van der Waals surface area (Å²) in [5.41, 5.74) is 1.79. The van der Waals surface area contributed by atoms with Crippen molar-refractivity contribution < 1.29 is 9.90 Å². The number of carboxylic acid groups (broad SMARTS) is 1. The van der Waals surface area contributed by atoms with E-state index in [2.05, 4.69) is 4.98 Å². The molecule has 7 nitrogen and oxygen atoms in total. The minimum Gasteiger partial charge on any atom is -0.477 e. The van der Waals surface area contributed by atoms with Crippen LogP contribution in [0.25, 0.3) is 11.0 Å². The lowest BCUT2D eigenvalue weighted by Crippen LogP contribution is -2.25. The van der Waals surface area contributed by atoms with Crippen LogP contribution in [0.15, 0.2) is 35.4 Å². The van der Waals surface area contributed by atoms with Gasteiger partial charge in [-0.25, -0.2) is 9.78 Å². The predicted octanol–water partition coefficient (Wildman–Crippen LogP) is 3.46. The second-order valence-electron chi connectivity index (χ2n) is 7.76. The van der Waals surface area contributed by atoms with Crippen molar-refractivity contribution in [2.75, 3.05) is 4.90 Å². The molecule has 1 saturated carbocycles. The van der Waals surface area contributed by atoms with Gasteiger partial charge in [0.2, 0.25) is 5.43 Å². The van der Waals surface area contributed by atoms with Crippen molar-refractivity contribution in [1.82, 2.24) is 14.5 Å². The SMILES string of the molecule is O=C(O)c1cn(CC2CCC2)c2nc(N3Cc4cccnc4C3)c(Cl)cc2c1=O. The van der Waals surface area contributed by atoms with Crippen molar-refractivity contribution in [3.05, 3.63) is 62.7 Å². The number of fused-ring (bicyclic) bond motifs is 2. The zero-order chi connectivity index (χ0) is 20.1. The Labute approximate surface area is 171 Å². The molecule has 1 N–H and O–H groups in total. The lowest BCUT2D eigenvalue weighted by Gasteiger charge is -2.27. The molecule has 0 unspecified atom stereocenters. The Morgan fingerprint density at radius 3 is 2.83 bits per heavy atom. The number of hydrogen-bond donors (Lipinski definition) is 1. The summed E-state index contributed by atoms with van der Waals surface area (Å²) in [6, 6.07) is 5.49. The van der Waals surface area contributed by atoms with Crippen molar-refractivity contribution in [2.24, 2.45) is 5.92 Å². The molecule has 4 heterocycles. The van der Waals surface area contributed by atoms with Crippen LogP contribution in [0.2, 0.25) is 5.02 Å². The van der Waals surface area contributed by atoms with E-state index in [0.29, 0.717) is 42.0 Å². The van der Waals surface area contributed by atoms with Crippen LogP contribution in [0, 0.1) is 5.92 Å². The van der Waals surface area contributed by atoms with E-state index in [1.54, 1.807) is 12.3 Å². The molecular formula is C21H19ClN4O3. The summed E-state index contributed by atoms with van der Waals surface area (Å²) < 4.78 is 1.81. The van der Waals surface area contributed by atoms with E-state index in [-0.39, 0.29) is 10.9 Å². The number of carbonyl (C=O) groups is 1. The van der Waals surface area contributed by atoms with Crippen LogP contribution in [0.4, 0.5) is 5.82 Å². The van der Waals surface area contributed by atoms with Crippen LogP contribution in [0.5, 0.6) is 0 Å². The molecule has 0 radical (unpaired) electrons. The molecule has 1 aliphatic carbocycles. The van der Waals surface area contributed by atoms with E-state index in [4.69, 9.17) is 16.6 Å². The first-order valence-electron chi connectivity index (χ1n) is 9.66. The maximum absolute atomic E-state index is 12.7. The average molecular weight is 411 g/mol. The third-order valence-corrected chi connectivity index (χ3v) is 6.16. The van der Waals surface area contributed by atoms with Gasteiger partial charge in [-0.2, -0.15) is 0 Å². The summed E-state index contributed by atoms with van der Waals surface area (Å²) in [6.07, 6.45) is 6.57. The Balaban J connectivity index is 1.65. The maximum atomic E-state index is 12.7. The zero-order valence-electron chi connectivity index (χ0n) is 15.6. The Bertz CT molecular complexity index is 1180. The third kappa shape index (κ3) is 3.06. The van der Waals surface area contributed by atoms with Crippen LogP contribution >= 0.6 is 11.6 Å². The largest absolute Gasteiger partial charge is 0.477 e. The fourth-order valence-electron chi connectivity index (χ4n) is 4.09. The third-order valence-electron chi connectivity index (χ3n) is 5.88. The van der Waals surface area contributed by atoms with Gasteiger partial charge in [-0.3, -0.25) is 9.78 Å². The summed E-state index contributed by atoms with van der Waals surface area (Å²) >= 11 is 6.51. The van der Waals surface area contributed by atoms with Gasteiger partial charge in [0.1, 0.15) is 11.2 Å². The van der Waals surface area contributed by atoms with Crippen LogP contribution in [0.1, 0.15) is 40.9 Å². The molecule has 3 aromatic heterocycles. The van der Waals surface area contributed by atoms with Gasteiger partial charge >= 0.3 is 5.97 Å².